The topological polar surface area (TPSA) is 78.2 Å². The number of hydrogen-bond donors (Lipinski definition) is 1. The minimum absolute atomic E-state index is 0.540. The standard InChI is InChI=1S/C15H15N5S/c1-4-15(3,8-16)12-9(2)21-14(19-12)10-5-6-17-13-11(10)7-18-20-13/h5-7H,4H2,1-3H3,(H,17,18,20). The van der Waals surface area contributed by atoms with Crippen molar-refractivity contribution in [2.24, 2.45) is 0 Å². The molecule has 0 aliphatic heterocycles. The average molecular weight is 297 g/mol. The second-order valence-electron chi connectivity index (χ2n) is 5.21. The van der Waals surface area contributed by atoms with Crippen LogP contribution in [0.1, 0.15) is 30.8 Å². The average Bonchev–Trinajstić information content (AvgIpc) is 3.12. The molecule has 1 unspecified atom stereocenters. The number of aryl methyl sites for hydroxylation is 1. The highest BCUT2D eigenvalue weighted by Gasteiger charge is 2.30. The third-order valence-corrected chi connectivity index (χ3v) is 4.86. The molecule has 0 bridgehead atoms. The molecule has 106 valence electrons. The van der Waals surface area contributed by atoms with E-state index >= 15 is 0 Å². The molecule has 0 aliphatic rings. The number of nitrogens with zero attached hydrogens (tertiary/aromatic N) is 4. The molecule has 0 aromatic carbocycles. The largest absolute Gasteiger partial charge is 0.261 e. The first-order valence-corrected chi connectivity index (χ1v) is 7.58. The molecular weight excluding hydrogens is 282 g/mol. The van der Waals surface area contributed by atoms with Crippen molar-refractivity contribution >= 4 is 22.4 Å². The summed E-state index contributed by atoms with van der Waals surface area (Å²) in [6, 6.07) is 4.34. The van der Waals surface area contributed by atoms with E-state index in [1.54, 1.807) is 23.7 Å². The molecule has 5 nitrogen and oxygen atoms in total. The van der Waals surface area contributed by atoms with Crippen molar-refractivity contribution in [3.05, 3.63) is 29.0 Å². The number of fused-ring (bicyclic) bond motifs is 1. The molecule has 6 heteroatoms. The Bertz CT molecular complexity index is 841. The summed E-state index contributed by atoms with van der Waals surface area (Å²) >= 11 is 1.61. The molecule has 0 spiro atoms. The Kier molecular flexibility index (Phi) is 3.22. The van der Waals surface area contributed by atoms with Gasteiger partial charge in [0.25, 0.3) is 0 Å². The lowest BCUT2D eigenvalue weighted by Gasteiger charge is -2.17. The third-order valence-electron chi connectivity index (χ3n) is 3.86. The second-order valence-corrected chi connectivity index (χ2v) is 6.42. The number of hydrogen-bond acceptors (Lipinski definition) is 5. The Morgan fingerprint density at radius 3 is 3.00 bits per heavy atom. The van der Waals surface area contributed by atoms with Crippen molar-refractivity contribution in [3.63, 3.8) is 0 Å². The van der Waals surface area contributed by atoms with Gasteiger partial charge in [-0.25, -0.2) is 9.97 Å². The van der Waals surface area contributed by atoms with E-state index in [0.717, 1.165) is 38.6 Å². The summed E-state index contributed by atoms with van der Waals surface area (Å²) in [5, 5.41) is 18.2. The van der Waals surface area contributed by atoms with Gasteiger partial charge in [-0.15, -0.1) is 11.3 Å². The van der Waals surface area contributed by atoms with Gasteiger partial charge < -0.3 is 0 Å². The summed E-state index contributed by atoms with van der Waals surface area (Å²) in [7, 11) is 0. The number of H-pyrrole nitrogens is 1. The molecule has 3 aromatic heterocycles. The Morgan fingerprint density at radius 2 is 2.29 bits per heavy atom. The Hall–Kier alpha value is -2.26. The summed E-state index contributed by atoms with van der Waals surface area (Å²) in [6.07, 6.45) is 4.25. The molecule has 1 N–H and O–H groups in total. The van der Waals surface area contributed by atoms with E-state index in [-0.39, 0.29) is 0 Å². The van der Waals surface area contributed by atoms with Gasteiger partial charge in [-0.3, -0.25) is 5.10 Å². The van der Waals surface area contributed by atoms with Crippen molar-refractivity contribution in [2.45, 2.75) is 32.6 Å². The van der Waals surface area contributed by atoms with Crippen LogP contribution in [0.4, 0.5) is 0 Å². The van der Waals surface area contributed by atoms with Crippen LogP contribution in [0.3, 0.4) is 0 Å². The lowest BCUT2D eigenvalue weighted by molar-refractivity contribution is 0.569. The smallest absolute Gasteiger partial charge is 0.155 e. The molecule has 3 heterocycles. The van der Waals surface area contributed by atoms with Gasteiger partial charge in [-0.2, -0.15) is 10.4 Å². The summed E-state index contributed by atoms with van der Waals surface area (Å²) in [4.78, 5) is 10.1. The van der Waals surface area contributed by atoms with Crippen LogP contribution in [0.25, 0.3) is 21.6 Å². The fourth-order valence-corrected chi connectivity index (χ4v) is 3.44. The molecule has 3 aromatic rings. The maximum atomic E-state index is 9.47. The fraction of sp³-hybridized carbons (Fsp3) is 0.333. The van der Waals surface area contributed by atoms with Gasteiger partial charge in [-0.05, 0) is 26.3 Å². The number of thiazole rings is 1. The highest BCUT2D eigenvalue weighted by molar-refractivity contribution is 7.15. The minimum Gasteiger partial charge on any atom is -0.261 e. The van der Waals surface area contributed by atoms with E-state index in [0.29, 0.717) is 0 Å². The number of aromatic amines is 1. The van der Waals surface area contributed by atoms with Gasteiger partial charge in [0.2, 0.25) is 0 Å². The molecular formula is C15H15N5S. The van der Waals surface area contributed by atoms with Crippen molar-refractivity contribution in [2.75, 3.05) is 0 Å². The van der Waals surface area contributed by atoms with Crippen LogP contribution in [0.5, 0.6) is 0 Å². The zero-order chi connectivity index (χ0) is 15.0. The normalized spacial score (nSPS) is 14.0. The zero-order valence-corrected chi connectivity index (χ0v) is 13.0. The lowest BCUT2D eigenvalue weighted by Crippen LogP contribution is -2.19. The summed E-state index contributed by atoms with van der Waals surface area (Å²) < 4.78 is 0. The second kappa shape index (κ2) is 4.93. The molecule has 0 amide bonds. The number of aromatic nitrogens is 4. The van der Waals surface area contributed by atoms with Crippen LogP contribution in [0.15, 0.2) is 18.5 Å². The maximum Gasteiger partial charge on any atom is 0.155 e. The fourth-order valence-electron chi connectivity index (χ4n) is 2.36. The molecule has 1 atom stereocenters. The first-order chi connectivity index (χ1) is 10.1. The SMILES string of the molecule is CCC(C)(C#N)c1nc(-c2ccnc3[nH]ncc23)sc1C. The zero-order valence-electron chi connectivity index (χ0n) is 12.1. The molecule has 0 radical (unpaired) electrons. The van der Waals surface area contributed by atoms with Crippen molar-refractivity contribution in [3.8, 4) is 16.6 Å². The molecule has 21 heavy (non-hydrogen) atoms. The van der Waals surface area contributed by atoms with E-state index < -0.39 is 5.41 Å². The summed E-state index contributed by atoms with van der Waals surface area (Å²) in [6.45, 7) is 5.98. The van der Waals surface area contributed by atoms with E-state index in [1.165, 1.54) is 0 Å². The molecule has 0 aliphatic carbocycles. The number of nitriles is 1. The minimum atomic E-state index is -0.540. The lowest BCUT2D eigenvalue weighted by atomic mass is 9.85. The summed E-state index contributed by atoms with van der Waals surface area (Å²) in [5.41, 5.74) is 2.09. The van der Waals surface area contributed by atoms with Crippen LogP contribution in [-0.2, 0) is 5.41 Å². The monoisotopic (exact) mass is 297 g/mol. The third kappa shape index (κ3) is 2.10. The van der Waals surface area contributed by atoms with Gasteiger partial charge in [0.15, 0.2) is 5.65 Å². The van der Waals surface area contributed by atoms with Crippen molar-refractivity contribution in [1.82, 2.24) is 20.2 Å². The Labute approximate surface area is 126 Å². The van der Waals surface area contributed by atoms with Crippen LogP contribution >= 0.6 is 11.3 Å². The van der Waals surface area contributed by atoms with E-state index in [1.807, 2.05) is 26.8 Å². The van der Waals surface area contributed by atoms with Crippen LogP contribution in [-0.4, -0.2) is 20.2 Å². The predicted octanol–water partition coefficient (Wildman–Crippen LogP) is 3.58. The first kappa shape index (κ1) is 13.7. The Morgan fingerprint density at radius 1 is 1.48 bits per heavy atom. The van der Waals surface area contributed by atoms with Gasteiger partial charge in [0.1, 0.15) is 5.01 Å². The van der Waals surface area contributed by atoms with Crippen molar-refractivity contribution in [1.29, 1.82) is 5.26 Å². The highest BCUT2D eigenvalue weighted by Crippen LogP contribution is 2.37. The number of rotatable bonds is 3. The number of nitrogens with one attached hydrogen (secondary N) is 1. The van der Waals surface area contributed by atoms with Crippen LogP contribution < -0.4 is 0 Å². The predicted molar refractivity (Wildman–Crippen MR) is 83.0 cm³/mol. The molecule has 0 saturated carbocycles. The van der Waals surface area contributed by atoms with Crippen LogP contribution in [0, 0.1) is 18.3 Å². The molecule has 0 fully saturated rings. The molecule has 0 saturated heterocycles. The Balaban J connectivity index is 2.18. The van der Waals surface area contributed by atoms with Gasteiger partial charge in [-0.1, -0.05) is 6.92 Å². The van der Waals surface area contributed by atoms with Gasteiger partial charge in [0, 0.05) is 22.0 Å². The number of pyridine rings is 1. The van der Waals surface area contributed by atoms with E-state index in [9.17, 15) is 5.26 Å². The van der Waals surface area contributed by atoms with Gasteiger partial charge >= 0.3 is 0 Å². The summed E-state index contributed by atoms with van der Waals surface area (Å²) in [5.74, 6) is 0. The first-order valence-electron chi connectivity index (χ1n) is 6.76. The van der Waals surface area contributed by atoms with E-state index in [2.05, 4.69) is 21.3 Å². The van der Waals surface area contributed by atoms with Crippen molar-refractivity contribution < 1.29 is 0 Å². The van der Waals surface area contributed by atoms with Gasteiger partial charge in [0.05, 0.1) is 23.4 Å². The van der Waals surface area contributed by atoms with Crippen LogP contribution in [0.2, 0.25) is 0 Å². The van der Waals surface area contributed by atoms with E-state index in [4.69, 9.17) is 4.98 Å². The maximum absolute atomic E-state index is 9.47. The quantitative estimate of drug-likeness (QED) is 0.801. The molecule has 3 rings (SSSR count). The highest BCUT2D eigenvalue weighted by atomic mass is 32.1.